The Hall–Kier alpha value is -3.61. The van der Waals surface area contributed by atoms with Crippen LogP contribution in [0.3, 0.4) is 0 Å². The summed E-state index contributed by atoms with van der Waals surface area (Å²) in [6, 6.07) is 16.0. The molecule has 0 N–H and O–H groups in total. The summed E-state index contributed by atoms with van der Waals surface area (Å²) in [7, 11) is 1.27. The number of ether oxygens (including phenoxy) is 1. The first-order valence-electron chi connectivity index (χ1n) is 10.1. The second kappa shape index (κ2) is 8.26. The molecular weight excluding hydrogens is 396 g/mol. The van der Waals surface area contributed by atoms with Gasteiger partial charge in [0.2, 0.25) is 0 Å². The molecule has 158 valence electrons. The first-order valence-corrected chi connectivity index (χ1v) is 10.1. The van der Waals surface area contributed by atoms with Crippen LogP contribution >= 0.6 is 0 Å². The van der Waals surface area contributed by atoms with Gasteiger partial charge in [0, 0.05) is 41.0 Å². The van der Waals surface area contributed by atoms with Gasteiger partial charge in [0.05, 0.1) is 12.0 Å². The molecule has 0 bridgehead atoms. The summed E-state index contributed by atoms with van der Waals surface area (Å²) in [4.78, 5) is 42.0. The lowest BCUT2D eigenvalue weighted by atomic mass is 9.69. The van der Waals surface area contributed by atoms with Crippen molar-refractivity contribution in [2.45, 2.75) is 31.6 Å². The average molecular weight is 418 g/mol. The molecule has 7 heteroatoms. The van der Waals surface area contributed by atoms with E-state index in [4.69, 9.17) is 4.74 Å². The van der Waals surface area contributed by atoms with Crippen molar-refractivity contribution in [1.82, 2.24) is 0 Å². The standard InChI is InChI=1S/C24H22N2O5/c1-14-21(24(28)31-2)22(17-10-6-7-11-19(17)26(29)30)23-18(25-14)12-16(13-20(23)27)15-8-4-3-5-9-15/h3-11,16,21-22H,12-13H2,1-2H3/t16-,21?,22+/m1/s1. The molecule has 0 amide bonds. The van der Waals surface area contributed by atoms with Crippen LogP contribution < -0.4 is 0 Å². The summed E-state index contributed by atoms with van der Waals surface area (Å²) >= 11 is 0. The van der Waals surface area contributed by atoms with Gasteiger partial charge in [-0.2, -0.15) is 0 Å². The number of para-hydroxylation sites is 1. The van der Waals surface area contributed by atoms with E-state index in [0.717, 1.165) is 5.56 Å². The minimum Gasteiger partial charge on any atom is -0.468 e. The van der Waals surface area contributed by atoms with Gasteiger partial charge in [-0.3, -0.25) is 24.7 Å². The Balaban J connectivity index is 1.88. The summed E-state index contributed by atoms with van der Waals surface area (Å²) in [6.45, 7) is 1.71. The SMILES string of the molecule is COC(=O)C1C(C)=NC2=C(C(=O)C[C@H](c3ccccc3)C2)[C@H]1c1ccccc1[N+](=O)[O-]. The van der Waals surface area contributed by atoms with Crippen LogP contribution in [0, 0.1) is 16.0 Å². The van der Waals surface area contributed by atoms with Crippen molar-refractivity contribution in [1.29, 1.82) is 0 Å². The lowest BCUT2D eigenvalue weighted by Gasteiger charge is -2.36. The molecule has 0 saturated carbocycles. The number of esters is 1. The molecule has 0 fully saturated rings. The first-order chi connectivity index (χ1) is 14.9. The normalized spacial score (nSPS) is 23.1. The maximum absolute atomic E-state index is 13.4. The highest BCUT2D eigenvalue weighted by Gasteiger charge is 2.46. The highest BCUT2D eigenvalue weighted by atomic mass is 16.6. The molecule has 7 nitrogen and oxygen atoms in total. The Morgan fingerprint density at radius 3 is 2.45 bits per heavy atom. The molecule has 4 rings (SSSR count). The molecule has 0 radical (unpaired) electrons. The number of nitrogens with zero attached hydrogens (tertiary/aromatic N) is 2. The van der Waals surface area contributed by atoms with Gasteiger partial charge < -0.3 is 4.74 Å². The average Bonchev–Trinajstić information content (AvgIpc) is 2.78. The van der Waals surface area contributed by atoms with Gasteiger partial charge in [-0.05, 0) is 24.8 Å². The lowest BCUT2D eigenvalue weighted by Crippen LogP contribution is -2.38. The maximum atomic E-state index is 13.4. The van der Waals surface area contributed by atoms with E-state index in [1.165, 1.54) is 13.2 Å². The summed E-state index contributed by atoms with van der Waals surface area (Å²) in [5, 5.41) is 11.7. The number of carbonyl (C=O) groups is 2. The molecule has 1 aliphatic heterocycles. The van der Waals surface area contributed by atoms with Crippen LogP contribution in [-0.4, -0.2) is 29.5 Å². The second-order valence-corrected chi connectivity index (χ2v) is 7.85. The van der Waals surface area contributed by atoms with Crippen LogP contribution in [-0.2, 0) is 14.3 Å². The third kappa shape index (κ3) is 3.67. The molecule has 2 aliphatic rings. The molecule has 0 aromatic heterocycles. The van der Waals surface area contributed by atoms with Crippen LogP contribution in [0.2, 0.25) is 0 Å². The molecule has 1 heterocycles. The Morgan fingerprint density at radius 2 is 1.77 bits per heavy atom. The van der Waals surface area contributed by atoms with Gasteiger partial charge >= 0.3 is 5.97 Å². The number of carbonyl (C=O) groups excluding carboxylic acids is 2. The van der Waals surface area contributed by atoms with E-state index in [-0.39, 0.29) is 23.8 Å². The number of allylic oxidation sites excluding steroid dienone is 2. The van der Waals surface area contributed by atoms with E-state index in [1.54, 1.807) is 25.1 Å². The zero-order chi connectivity index (χ0) is 22.1. The monoisotopic (exact) mass is 418 g/mol. The van der Waals surface area contributed by atoms with Crippen molar-refractivity contribution in [3.63, 3.8) is 0 Å². The van der Waals surface area contributed by atoms with E-state index in [0.29, 0.717) is 29.0 Å². The van der Waals surface area contributed by atoms with Crippen molar-refractivity contribution < 1.29 is 19.2 Å². The number of hydrogen-bond donors (Lipinski definition) is 0. The fourth-order valence-corrected chi connectivity index (χ4v) is 4.71. The highest BCUT2D eigenvalue weighted by molar-refractivity contribution is 6.09. The van der Waals surface area contributed by atoms with E-state index >= 15 is 0 Å². The van der Waals surface area contributed by atoms with Crippen LogP contribution in [0.5, 0.6) is 0 Å². The van der Waals surface area contributed by atoms with Gasteiger partial charge in [-0.15, -0.1) is 0 Å². The molecular formula is C24H22N2O5. The Morgan fingerprint density at radius 1 is 1.10 bits per heavy atom. The predicted molar refractivity (Wildman–Crippen MR) is 115 cm³/mol. The molecule has 31 heavy (non-hydrogen) atoms. The summed E-state index contributed by atoms with van der Waals surface area (Å²) in [5.41, 5.74) is 2.74. The molecule has 1 aliphatic carbocycles. The number of rotatable bonds is 4. The smallest absolute Gasteiger partial charge is 0.315 e. The van der Waals surface area contributed by atoms with Gasteiger partial charge in [-0.25, -0.2) is 0 Å². The van der Waals surface area contributed by atoms with Crippen molar-refractivity contribution in [2.75, 3.05) is 7.11 Å². The molecule has 0 spiro atoms. The number of Topliss-reactive ketones (excluding diaryl/α,β-unsaturated/α-hetero) is 1. The molecule has 0 saturated heterocycles. The largest absolute Gasteiger partial charge is 0.468 e. The Labute approximate surface area is 179 Å². The van der Waals surface area contributed by atoms with Gasteiger partial charge in [0.25, 0.3) is 5.69 Å². The third-order valence-corrected chi connectivity index (χ3v) is 6.08. The van der Waals surface area contributed by atoms with Crippen LogP contribution in [0.4, 0.5) is 5.69 Å². The summed E-state index contributed by atoms with van der Waals surface area (Å²) in [5.74, 6) is -2.41. The van der Waals surface area contributed by atoms with E-state index in [1.807, 2.05) is 30.3 Å². The van der Waals surface area contributed by atoms with Crippen LogP contribution in [0.15, 0.2) is 70.9 Å². The molecule has 2 aromatic rings. The van der Waals surface area contributed by atoms with Crippen molar-refractivity contribution >= 4 is 23.2 Å². The topological polar surface area (TPSA) is 98.9 Å². The lowest BCUT2D eigenvalue weighted by molar-refractivity contribution is -0.385. The molecule has 2 aromatic carbocycles. The number of nitro benzene ring substituents is 1. The Bertz CT molecular complexity index is 1120. The number of benzene rings is 2. The first kappa shape index (κ1) is 20.7. The molecule has 1 unspecified atom stereocenters. The number of methoxy groups -OCH3 is 1. The van der Waals surface area contributed by atoms with Crippen molar-refractivity contribution in [3.05, 3.63) is 87.1 Å². The van der Waals surface area contributed by atoms with Crippen molar-refractivity contribution in [3.8, 4) is 0 Å². The van der Waals surface area contributed by atoms with E-state index in [2.05, 4.69) is 4.99 Å². The number of aliphatic imine (C=N–C) groups is 1. The minimum absolute atomic E-state index is 0.0231. The number of nitro groups is 1. The zero-order valence-corrected chi connectivity index (χ0v) is 17.3. The minimum atomic E-state index is -0.887. The maximum Gasteiger partial charge on any atom is 0.315 e. The van der Waals surface area contributed by atoms with Crippen LogP contribution in [0.1, 0.15) is 42.7 Å². The molecule has 3 atom stereocenters. The third-order valence-electron chi connectivity index (χ3n) is 6.08. The summed E-state index contributed by atoms with van der Waals surface area (Å²) < 4.78 is 4.99. The van der Waals surface area contributed by atoms with Gasteiger partial charge in [-0.1, -0.05) is 48.5 Å². The van der Waals surface area contributed by atoms with E-state index in [9.17, 15) is 19.7 Å². The van der Waals surface area contributed by atoms with Gasteiger partial charge in [0.15, 0.2) is 5.78 Å². The fraction of sp³-hybridized carbons (Fsp3) is 0.292. The number of hydrogen-bond acceptors (Lipinski definition) is 6. The second-order valence-electron chi connectivity index (χ2n) is 7.85. The quantitative estimate of drug-likeness (QED) is 0.418. The van der Waals surface area contributed by atoms with Gasteiger partial charge in [0.1, 0.15) is 5.92 Å². The number of ketones is 1. The van der Waals surface area contributed by atoms with Crippen molar-refractivity contribution in [2.24, 2.45) is 10.9 Å². The predicted octanol–water partition coefficient (Wildman–Crippen LogP) is 4.34. The highest BCUT2D eigenvalue weighted by Crippen LogP contribution is 2.48. The van der Waals surface area contributed by atoms with E-state index < -0.39 is 22.7 Å². The summed E-state index contributed by atoms with van der Waals surface area (Å²) in [6.07, 6.45) is 0.801. The Kier molecular flexibility index (Phi) is 5.50. The fourth-order valence-electron chi connectivity index (χ4n) is 4.71. The zero-order valence-electron chi connectivity index (χ0n) is 17.3. The van der Waals surface area contributed by atoms with Crippen LogP contribution in [0.25, 0.3) is 0 Å².